The molecule has 1 saturated heterocycles. The second kappa shape index (κ2) is 6.48. The Labute approximate surface area is 131 Å². The van der Waals surface area contributed by atoms with Gasteiger partial charge in [0, 0.05) is 36.4 Å². The minimum absolute atomic E-state index is 0.0263. The summed E-state index contributed by atoms with van der Waals surface area (Å²) in [5.74, 6) is 0.0263. The molecule has 0 unspecified atom stereocenters. The van der Waals surface area contributed by atoms with Crippen molar-refractivity contribution < 1.29 is 9.59 Å². The number of likely N-dealkylation sites (tertiary alicyclic amines) is 1. The summed E-state index contributed by atoms with van der Waals surface area (Å²) in [4.78, 5) is 25.8. The van der Waals surface area contributed by atoms with Crippen molar-refractivity contribution in [3.63, 3.8) is 0 Å². The number of carbonyl (C=O) groups is 2. The molecule has 22 heavy (non-hydrogen) atoms. The number of piperidine rings is 1. The molecular formula is C17H23N3O2. The van der Waals surface area contributed by atoms with E-state index in [1.807, 2.05) is 0 Å². The zero-order valence-electron chi connectivity index (χ0n) is 13.0. The minimum Gasteiger partial charge on any atom is -0.335 e. The Morgan fingerprint density at radius 3 is 2.23 bits per heavy atom. The zero-order valence-corrected chi connectivity index (χ0v) is 13.0. The predicted molar refractivity (Wildman–Crippen MR) is 86.2 cm³/mol. The van der Waals surface area contributed by atoms with E-state index in [0.29, 0.717) is 11.3 Å². The standard InChI is InChI=1S/C17H23N3O2/c1-12(21)13-2-4-14(5-3-13)18-17(22)19-15-8-10-20(11-9-15)16-6-7-16/h2-5,15-16H,6-11H2,1H3,(H2,18,19,22). The molecule has 0 spiro atoms. The third kappa shape index (κ3) is 3.85. The second-order valence-corrected chi connectivity index (χ2v) is 6.27. The summed E-state index contributed by atoms with van der Waals surface area (Å²) in [6, 6.07) is 7.87. The van der Waals surface area contributed by atoms with Gasteiger partial charge in [-0.25, -0.2) is 4.79 Å². The molecule has 0 atom stereocenters. The van der Waals surface area contributed by atoms with Crippen LogP contribution in [-0.2, 0) is 0 Å². The normalized spacial score (nSPS) is 19.7. The molecule has 118 valence electrons. The van der Waals surface area contributed by atoms with Crippen LogP contribution in [0.1, 0.15) is 43.0 Å². The third-order valence-corrected chi connectivity index (χ3v) is 4.48. The number of nitrogens with zero attached hydrogens (tertiary/aromatic N) is 1. The number of rotatable bonds is 4. The smallest absolute Gasteiger partial charge is 0.319 e. The molecule has 2 aliphatic rings. The monoisotopic (exact) mass is 301 g/mol. The maximum absolute atomic E-state index is 12.0. The highest BCUT2D eigenvalue weighted by Crippen LogP contribution is 2.29. The van der Waals surface area contributed by atoms with E-state index in [1.54, 1.807) is 24.3 Å². The van der Waals surface area contributed by atoms with Crippen molar-refractivity contribution in [2.45, 2.75) is 44.7 Å². The Morgan fingerprint density at radius 1 is 1.05 bits per heavy atom. The predicted octanol–water partition coefficient (Wildman–Crippen LogP) is 2.64. The molecule has 1 aromatic carbocycles. The molecule has 3 rings (SSSR count). The number of hydrogen-bond acceptors (Lipinski definition) is 3. The van der Waals surface area contributed by atoms with E-state index in [0.717, 1.165) is 32.0 Å². The summed E-state index contributed by atoms with van der Waals surface area (Å²) >= 11 is 0. The SMILES string of the molecule is CC(=O)c1ccc(NC(=O)NC2CCN(C3CC3)CC2)cc1. The average Bonchev–Trinajstić information content (AvgIpc) is 3.33. The minimum atomic E-state index is -0.166. The first-order chi connectivity index (χ1) is 10.6. The van der Waals surface area contributed by atoms with Gasteiger partial charge >= 0.3 is 6.03 Å². The summed E-state index contributed by atoms with van der Waals surface area (Å²) in [5.41, 5.74) is 1.36. The highest BCUT2D eigenvalue weighted by molar-refractivity contribution is 5.95. The van der Waals surface area contributed by atoms with E-state index < -0.39 is 0 Å². The fourth-order valence-electron chi connectivity index (χ4n) is 2.99. The Balaban J connectivity index is 1.45. The van der Waals surface area contributed by atoms with E-state index in [-0.39, 0.29) is 17.9 Å². The van der Waals surface area contributed by atoms with Gasteiger partial charge in [0.15, 0.2) is 5.78 Å². The number of carbonyl (C=O) groups excluding carboxylic acids is 2. The van der Waals surface area contributed by atoms with Gasteiger partial charge in [-0.1, -0.05) is 0 Å². The van der Waals surface area contributed by atoms with Crippen molar-refractivity contribution in [3.8, 4) is 0 Å². The maximum Gasteiger partial charge on any atom is 0.319 e. The topological polar surface area (TPSA) is 61.4 Å². The zero-order chi connectivity index (χ0) is 15.5. The van der Waals surface area contributed by atoms with Gasteiger partial charge in [-0.15, -0.1) is 0 Å². The van der Waals surface area contributed by atoms with Crippen LogP contribution in [0.3, 0.4) is 0 Å². The van der Waals surface area contributed by atoms with Gasteiger partial charge in [0.05, 0.1) is 0 Å². The van der Waals surface area contributed by atoms with Crippen LogP contribution in [0.15, 0.2) is 24.3 Å². The largest absolute Gasteiger partial charge is 0.335 e. The highest BCUT2D eigenvalue weighted by Gasteiger charge is 2.32. The van der Waals surface area contributed by atoms with Crippen molar-refractivity contribution in [2.75, 3.05) is 18.4 Å². The second-order valence-electron chi connectivity index (χ2n) is 6.27. The number of amides is 2. The summed E-state index contributed by atoms with van der Waals surface area (Å²) in [5, 5.41) is 5.87. The van der Waals surface area contributed by atoms with Crippen molar-refractivity contribution in [1.82, 2.24) is 10.2 Å². The lowest BCUT2D eigenvalue weighted by Crippen LogP contribution is -2.46. The Morgan fingerprint density at radius 2 is 1.68 bits per heavy atom. The third-order valence-electron chi connectivity index (χ3n) is 4.48. The fourth-order valence-corrected chi connectivity index (χ4v) is 2.99. The van der Waals surface area contributed by atoms with Gasteiger partial charge in [0.2, 0.25) is 0 Å². The van der Waals surface area contributed by atoms with Gasteiger partial charge in [-0.05, 0) is 56.9 Å². The van der Waals surface area contributed by atoms with E-state index in [1.165, 1.54) is 19.8 Å². The molecule has 1 heterocycles. The number of Topliss-reactive ketones (excluding diaryl/α,β-unsaturated/α-hetero) is 1. The molecule has 1 aliphatic heterocycles. The number of hydrogen-bond donors (Lipinski definition) is 2. The van der Waals surface area contributed by atoms with Gasteiger partial charge in [0.1, 0.15) is 0 Å². The van der Waals surface area contributed by atoms with Crippen LogP contribution in [0.2, 0.25) is 0 Å². The molecule has 0 aromatic heterocycles. The van der Waals surface area contributed by atoms with Crippen LogP contribution in [0.4, 0.5) is 10.5 Å². The summed E-state index contributed by atoms with van der Waals surface area (Å²) in [6.07, 6.45) is 4.73. The molecule has 0 radical (unpaired) electrons. The molecule has 0 bridgehead atoms. The Kier molecular flexibility index (Phi) is 4.43. The van der Waals surface area contributed by atoms with Gasteiger partial charge < -0.3 is 15.5 Å². The van der Waals surface area contributed by atoms with Crippen LogP contribution in [0.25, 0.3) is 0 Å². The first-order valence-electron chi connectivity index (χ1n) is 8.04. The van der Waals surface area contributed by atoms with E-state index in [2.05, 4.69) is 15.5 Å². The molecule has 1 aliphatic carbocycles. The van der Waals surface area contributed by atoms with Crippen molar-refractivity contribution in [1.29, 1.82) is 0 Å². The lowest BCUT2D eigenvalue weighted by molar-refractivity contribution is 0.101. The molecular weight excluding hydrogens is 278 g/mol. The van der Waals surface area contributed by atoms with E-state index in [9.17, 15) is 9.59 Å². The van der Waals surface area contributed by atoms with E-state index in [4.69, 9.17) is 0 Å². The first kappa shape index (κ1) is 15.0. The van der Waals surface area contributed by atoms with Crippen LogP contribution in [0, 0.1) is 0 Å². The summed E-state index contributed by atoms with van der Waals surface area (Å²) in [6.45, 7) is 3.70. The van der Waals surface area contributed by atoms with Crippen LogP contribution in [0.5, 0.6) is 0 Å². The van der Waals surface area contributed by atoms with Crippen LogP contribution < -0.4 is 10.6 Å². The summed E-state index contributed by atoms with van der Waals surface area (Å²) in [7, 11) is 0. The molecule has 1 saturated carbocycles. The molecule has 2 fully saturated rings. The molecule has 5 heteroatoms. The summed E-state index contributed by atoms with van der Waals surface area (Å²) < 4.78 is 0. The quantitative estimate of drug-likeness (QED) is 0.840. The fraction of sp³-hybridized carbons (Fsp3) is 0.529. The van der Waals surface area contributed by atoms with Crippen LogP contribution >= 0.6 is 0 Å². The first-order valence-corrected chi connectivity index (χ1v) is 8.04. The highest BCUT2D eigenvalue weighted by atomic mass is 16.2. The lowest BCUT2D eigenvalue weighted by Gasteiger charge is -2.32. The van der Waals surface area contributed by atoms with Crippen molar-refractivity contribution in [3.05, 3.63) is 29.8 Å². The number of urea groups is 1. The average molecular weight is 301 g/mol. The number of ketones is 1. The molecule has 1 aromatic rings. The maximum atomic E-state index is 12.0. The number of nitrogens with one attached hydrogen (secondary N) is 2. The van der Waals surface area contributed by atoms with Gasteiger partial charge in [-0.2, -0.15) is 0 Å². The van der Waals surface area contributed by atoms with Crippen LogP contribution in [-0.4, -0.2) is 41.9 Å². The number of anilines is 1. The lowest BCUT2D eigenvalue weighted by atomic mass is 10.1. The van der Waals surface area contributed by atoms with Crippen molar-refractivity contribution in [2.24, 2.45) is 0 Å². The number of benzene rings is 1. The Hall–Kier alpha value is -1.88. The molecule has 5 nitrogen and oxygen atoms in total. The van der Waals surface area contributed by atoms with Crippen molar-refractivity contribution >= 4 is 17.5 Å². The Bertz CT molecular complexity index is 544. The van der Waals surface area contributed by atoms with Gasteiger partial charge in [-0.3, -0.25) is 4.79 Å². The molecule has 2 amide bonds. The molecule has 2 N–H and O–H groups in total. The van der Waals surface area contributed by atoms with Gasteiger partial charge in [0.25, 0.3) is 0 Å². The van der Waals surface area contributed by atoms with E-state index >= 15 is 0 Å².